The van der Waals surface area contributed by atoms with Crippen LogP contribution < -0.4 is 0 Å². The monoisotopic (exact) mass is 315 g/mol. The van der Waals surface area contributed by atoms with E-state index in [4.69, 9.17) is 23.2 Å². The van der Waals surface area contributed by atoms with Crippen molar-refractivity contribution in [3.8, 4) is 0 Å². The lowest BCUT2D eigenvalue weighted by molar-refractivity contribution is -0.145. The number of hydrogen-bond acceptors (Lipinski definition) is 3. The molecule has 1 atom stereocenters. The van der Waals surface area contributed by atoms with Crippen molar-refractivity contribution in [1.82, 2.24) is 4.90 Å². The van der Waals surface area contributed by atoms with Crippen LogP contribution in [-0.2, 0) is 20.7 Å². The average molecular weight is 316 g/mol. The van der Waals surface area contributed by atoms with E-state index in [9.17, 15) is 9.59 Å². The molecule has 1 fully saturated rings. The highest BCUT2D eigenvalue weighted by Crippen LogP contribution is 2.23. The first-order valence-corrected chi connectivity index (χ1v) is 7.06. The first kappa shape index (κ1) is 15.1. The highest BCUT2D eigenvalue weighted by molar-refractivity contribution is 6.33. The van der Waals surface area contributed by atoms with E-state index in [0.717, 1.165) is 5.56 Å². The lowest BCUT2D eigenvalue weighted by Crippen LogP contribution is -2.28. The Morgan fingerprint density at radius 2 is 2.20 bits per heavy atom. The summed E-state index contributed by atoms with van der Waals surface area (Å²) >= 11 is 12.0. The Labute approximate surface area is 127 Å². The molecule has 108 valence electrons. The van der Waals surface area contributed by atoms with E-state index in [1.54, 1.807) is 23.1 Å². The highest BCUT2D eigenvalue weighted by atomic mass is 35.5. The van der Waals surface area contributed by atoms with Crippen LogP contribution in [-0.4, -0.2) is 37.0 Å². The molecule has 1 saturated heterocycles. The van der Waals surface area contributed by atoms with Crippen molar-refractivity contribution >= 4 is 35.1 Å². The minimum absolute atomic E-state index is 0.0291. The summed E-state index contributed by atoms with van der Waals surface area (Å²) in [6.07, 6.45) is 0.828. The summed E-state index contributed by atoms with van der Waals surface area (Å²) in [4.78, 5) is 24.9. The van der Waals surface area contributed by atoms with Gasteiger partial charge in [-0.05, 0) is 30.2 Å². The molecule has 4 nitrogen and oxygen atoms in total. The molecule has 20 heavy (non-hydrogen) atoms. The molecule has 1 heterocycles. The summed E-state index contributed by atoms with van der Waals surface area (Å²) < 4.78 is 4.67. The van der Waals surface area contributed by atoms with E-state index in [-0.39, 0.29) is 24.2 Å². The van der Waals surface area contributed by atoms with E-state index in [2.05, 4.69) is 4.74 Å². The number of benzene rings is 1. The van der Waals surface area contributed by atoms with Gasteiger partial charge in [0.15, 0.2) is 0 Å². The maximum Gasteiger partial charge on any atom is 0.310 e. The summed E-state index contributed by atoms with van der Waals surface area (Å²) in [6.45, 7) is 0.927. The van der Waals surface area contributed by atoms with Crippen molar-refractivity contribution in [3.05, 3.63) is 33.8 Å². The van der Waals surface area contributed by atoms with Crippen LogP contribution in [0.3, 0.4) is 0 Å². The smallest absolute Gasteiger partial charge is 0.310 e. The Hall–Kier alpha value is -1.26. The zero-order chi connectivity index (χ0) is 14.7. The third-order valence-electron chi connectivity index (χ3n) is 3.41. The van der Waals surface area contributed by atoms with E-state index in [0.29, 0.717) is 29.6 Å². The Bertz CT molecular complexity index is 533. The second kappa shape index (κ2) is 6.46. The van der Waals surface area contributed by atoms with Crippen molar-refractivity contribution < 1.29 is 14.3 Å². The molecular formula is C14H15Cl2NO3. The summed E-state index contributed by atoms with van der Waals surface area (Å²) in [6, 6.07) is 5.26. The highest BCUT2D eigenvalue weighted by Gasteiger charge is 2.34. The molecule has 1 amide bonds. The van der Waals surface area contributed by atoms with Crippen LogP contribution in [0.5, 0.6) is 0 Å². The number of ether oxygens (including phenoxy) is 1. The molecule has 1 aliphatic heterocycles. The van der Waals surface area contributed by atoms with Crippen molar-refractivity contribution in [2.24, 2.45) is 5.92 Å². The summed E-state index contributed by atoms with van der Waals surface area (Å²) in [7, 11) is 1.33. The predicted octanol–water partition coefficient (Wildman–Crippen LogP) is 2.56. The summed E-state index contributed by atoms with van der Waals surface area (Å²) in [5.74, 6) is -0.720. The standard InChI is InChI=1S/C14H15Cl2NO3/c1-20-14(19)10-7-13(18)17(8-10)5-4-9-6-11(15)2-3-12(9)16/h2-3,6,10H,4-5,7-8H2,1H3. The van der Waals surface area contributed by atoms with Crippen molar-refractivity contribution in [1.29, 1.82) is 0 Å². The fraction of sp³-hybridized carbons (Fsp3) is 0.429. The van der Waals surface area contributed by atoms with Gasteiger partial charge in [-0.3, -0.25) is 9.59 Å². The second-order valence-electron chi connectivity index (χ2n) is 4.75. The number of methoxy groups -OCH3 is 1. The van der Waals surface area contributed by atoms with Gasteiger partial charge >= 0.3 is 5.97 Å². The Kier molecular flexibility index (Phi) is 4.89. The van der Waals surface area contributed by atoms with Crippen LogP contribution >= 0.6 is 23.2 Å². The number of carbonyl (C=O) groups is 2. The van der Waals surface area contributed by atoms with Gasteiger partial charge in [0.05, 0.1) is 13.0 Å². The molecule has 1 unspecified atom stereocenters. The largest absolute Gasteiger partial charge is 0.469 e. The third kappa shape index (κ3) is 3.44. The summed E-state index contributed by atoms with van der Waals surface area (Å²) in [5, 5.41) is 1.25. The number of carbonyl (C=O) groups excluding carboxylic acids is 2. The lowest BCUT2D eigenvalue weighted by atomic mass is 10.1. The maximum atomic E-state index is 11.8. The van der Waals surface area contributed by atoms with Crippen LogP contribution in [0.2, 0.25) is 10.0 Å². The van der Waals surface area contributed by atoms with Gasteiger partial charge in [-0.25, -0.2) is 0 Å². The van der Waals surface area contributed by atoms with Gasteiger partial charge in [-0.15, -0.1) is 0 Å². The quantitative estimate of drug-likeness (QED) is 0.802. The minimum atomic E-state index is -0.359. The zero-order valence-electron chi connectivity index (χ0n) is 11.1. The Balaban J connectivity index is 1.96. The number of hydrogen-bond donors (Lipinski definition) is 0. The SMILES string of the molecule is COC(=O)C1CC(=O)N(CCc2cc(Cl)ccc2Cl)C1. The molecule has 6 heteroatoms. The van der Waals surface area contributed by atoms with Gasteiger partial charge in [0.2, 0.25) is 5.91 Å². The number of esters is 1. The predicted molar refractivity (Wildman–Crippen MR) is 76.9 cm³/mol. The van der Waals surface area contributed by atoms with Crippen LogP contribution in [0.4, 0.5) is 0 Å². The van der Waals surface area contributed by atoms with Gasteiger partial charge in [0, 0.05) is 29.6 Å². The topological polar surface area (TPSA) is 46.6 Å². The molecule has 0 radical (unpaired) electrons. The van der Waals surface area contributed by atoms with Crippen molar-refractivity contribution in [2.75, 3.05) is 20.2 Å². The number of amides is 1. The second-order valence-corrected chi connectivity index (χ2v) is 5.59. The Morgan fingerprint density at radius 3 is 2.90 bits per heavy atom. The summed E-state index contributed by atoms with van der Waals surface area (Å²) in [5.41, 5.74) is 0.897. The van der Waals surface area contributed by atoms with E-state index < -0.39 is 0 Å². The van der Waals surface area contributed by atoms with E-state index in [1.165, 1.54) is 7.11 Å². The third-order valence-corrected chi connectivity index (χ3v) is 4.01. The number of halogens is 2. The van der Waals surface area contributed by atoms with Gasteiger partial charge < -0.3 is 9.64 Å². The van der Waals surface area contributed by atoms with Crippen LogP contribution in [0, 0.1) is 5.92 Å². The fourth-order valence-electron chi connectivity index (χ4n) is 2.30. The van der Waals surface area contributed by atoms with Crippen LogP contribution in [0.1, 0.15) is 12.0 Å². The molecule has 2 rings (SSSR count). The minimum Gasteiger partial charge on any atom is -0.469 e. The molecule has 0 bridgehead atoms. The molecule has 1 aromatic rings. The first-order valence-electron chi connectivity index (χ1n) is 6.30. The molecule has 1 aliphatic rings. The normalized spacial score (nSPS) is 18.4. The fourth-order valence-corrected chi connectivity index (χ4v) is 2.71. The van der Waals surface area contributed by atoms with Crippen molar-refractivity contribution in [3.63, 3.8) is 0 Å². The van der Waals surface area contributed by atoms with Crippen molar-refractivity contribution in [2.45, 2.75) is 12.8 Å². The van der Waals surface area contributed by atoms with Crippen LogP contribution in [0.25, 0.3) is 0 Å². The molecule has 0 aromatic heterocycles. The number of rotatable bonds is 4. The average Bonchev–Trinajstić information content (AvgIpc) is 2.80. The lowest BCUT2D eigenvalue weighted by Gasteiger charge is -2.16. The maximum absolute atomic E-state index is 11.8. The molecular weight excluding hydrogens is 301 g/mol. The van der Waals surface area contributed by atoms with Crippen LogP contribution in [0.15, 0.2) is 18.2 Å². The molecule has 1 aromatic carbocycles. The molecule has 0 N–H and O–H groups in total. The van der Waals surface area contributed by atoms with E-state index >= 15 is 0 Å². The molecule has 0 saturated carbocycles. The number of likely N-dealkylation sites (tertiary alicyclic amines) is 1. The van der Waals surface area contributed by atoms with Gasteiger partial charge in [0.25, 0.3) is 0 Å². The van der Waals surface area contributed by atoms with Gasteiger partial charge in [0.1, 0.15) is 0 Å². The Morgan fingerprint density at radius 1 is 1.45 bits per heavy atom. The van der Waals surface area contributed by atoms with E-state index in [1.807, 2.05) is 0 Å². The molecule has 0 aliphatic carbocycles. The van der Waals surface area contributed by atoms with Gasteiger partial charge in [-0.2, -0.15) is 0 Å². The zero-order valence-corrected chi connectivity index (χ0v) is 12.6. The molecule has 0 spiro atoms. The van der Waals surface area contributed by atoms with Gasteiger partial charge in [-0.1, -0.05) is 23.2 Å². The first-order chi connectivity index (χ1) is 9.51. The number of nitrogens with zero attached hydrogens (tertiary/aromatic N) is 1.